The van der Waals surface area contributed by atoms with Crippen LogP contribution in [-0.4, -0.2) is 38.0 Å². The van der Waals surface area contributed by atoms with Crippen LogP contribution in [0.4, 0.5) is 11.4 Å². The number of amides is 2. The van der Waals surface area contributed by atoms with E-state index in [2.05, 4.69) is 26.1 Å². The Bertz CT molecular complexity index is 1350. The molecular formula is C30H31ClN2O6. The second-order valence-corrected chi connectivity index (χ2v) is 10.7. The summed E-state index contributed by atoms with van der Waals surface area (Å²) in [7, 11) is 1.47. The molecule has 0 aromatic heterocycles. The van der Waals surface area contributed by atoms with Crippen molar-refractivity contribution in [3.8, 4) is 17.2 Å². The summed E-state index contributed by atoms with van der Waals surface area (Å²) in [5.74, 6) is -0.266. The molecule has 0 radical (unpaired) electrons. The van der Waals surface area contributed by atoms with Gasteiger partial charge in [-0.2, -0.15) is 0 Å². The van der Waals surface area contributed by atoms with Crippen LogP contribution in [0.5, 0.6) is 17.2 Å². The Balaban J connectivity index is 1.30. The molecule has 0 unspecified atom stereocenters. The van der Waals surface area contributed by atoms with Crippen molar-refractivity contribution in [3.05, 3.63) is 77.3 Å². The highest BCUT2D eigenvalue weighted by Gasteiger charge is 2.36. The second-order valence-electron chi connectivity index (χ2n) is 10.3. The van der Waals surface area contributed by atoms with Crippen molar-refractivity contribution >= 4 is 40.8 Å². The summed E-state index contributed by atoms with van der Waals surface area (Å²) >= 11 is 5.98. The monoisotopic (exact) mass is 550 g/mol. The Morgan fingerprint density at radius 3 is 2.26 bits per heavy atom. The van der Waals surface area contributed by atoms with Crippen molar-refractivity contribution in [2.24, 2.45) is 5.92 Å². The van der Waals surface area contributed by atoms with Crippen molar-refractivity contribution in [1.82, 2.24) is 0 Å². The first kappa shape index (κ1) is 28.0. The van der Waals surface area contributed by atoms with Gasteiger partial charge in [-0.05, 0) is 65.6 Å². The maximum atomic E-state index is 12.6. The summed E-state index contributed by atoms with van der Waals surface area (Å²) in [6, 6.07) is 19.8. The van der Waals surface area contributed by atoms with E-state index in [1.54, 1.807) is 36.4 Å². The Morgan fingerprint density at radius 2 is 1.64 bits per heavy atom. The number of ether oxygens (including phenoxy) is 3. The highest BCUT2D eigenvalue weighted by Crippen LogP contribution is 2.31. The van der Waals surface area contributed by atoms with Crippen LogP contribution in [0.2, 0.25) is 5.02 Å². The number of halogens is 1. The standard InChI is InChI=1S/C30H31ClN2O6/c1-30(2,3)20-5-10-23(11-6-20)39-24-12-8-22(9-13-24)33-17-19(15-28(33)35)29(36)38-18-27(34)32-25-16-21(31)7-14-26(25)37-4/h5-14,16,19H,15,17-18H2,1-4H3,(H,32,34)/t19-/m1/s1. The molecule has 204 valence electrons. The molecule has 0 spiro atoms. The average molecular weight is 551 g/mol. The molecule has 0 bridgehead atoms. The maximum Gasteiger partial charge on any atom is 0.311 e. The van der Waals surface area contributed by atoms with Crippen LogP contribution in [-0.2, 0) is 24.5 Å². The van der Waals surface area contributed by atoms with Gasteiger partial charge < -0.3 is 24.4 Å². The van der Waals surface area contributed by atoms with Crippen molar-refractivity contribution in [1.29, 1.82) is 0 Å². The molecule has 39 heavy (non-hydrogen) atoms. The Kier molecular flexibility index (Phi) is 8.45. The zero-order valence-corrected chi connectivity index (χ0v) is 23.1. The van der Waals surface area contributed by atoms with E-state index < -0.39 is 24.4 Å². The summed E-state index contributed by atoms with van der Waals surface area (Å²) < 4.78 is 16.3. The first-order chi connectivity index (χ1) is 18.5. The summed E-state index contributed by atoms with van der Waals surface area (Å²) in [4.78, 5) is 39.1. The number of hydrogen-bond donors (Lipinski definition) is 1. The fourth-order valence-electron chi connectivity index (χ4n) is 4.19. The van der Waals surface area contributed by atoms with Crippen LogP contribution >= 0.6 is 11.6 Å². The minimum atomic E-state index is -0.678. The topological polar surface area (TPSA) is 94.2 Å². The largest absolute Gasteiger partial charge is 0.495 e. The molecular weight excluding hydrogens is 520 g/mol. The van der Waals surface area contributed by atoms with Gasteiger partial charge >= 0.3 is 5.97 Å². The molecule has 2 amide bonds. The molecule has 1 aliphatic rings. The van der Waals surface area contributed by atoms with E-state index >= 15 is 0 Å². The lowest BCUT2D eigenvalue weighted by Gasteiger charge is -2.19. The predicted molar refractivity (Wildman–Crippen MR) is 150 cm³/mol. The quantitative estimate of drug-likeness (QED) is 0.347. The van der Waals surface area contributed by atoms with Crippen molar-refractivity contribution < 1.29 is 28.6 Å². The lowest BCUT2D eigenvalue weighted by molar-refractivity contribution is -0.151. The molecule has 3 aromatic rings. The number of methoxy groups -OCH3 is 1. The Morgan fingerprint density at radius 1 is 1.00 bits per heavy atom. The number of carbonyl (C=O) groups excluding carboxylic acids is 3. The summed E-state index contributed by atoms with van der Waals surface area (Å²) in [5, 5.41) is 3.03. The molecule has 4 rings (SSSR count). The molecule has 0 aliphatic carbocycles. The van der Waals surface area contributed by atoms with Crippen LogP contribution in [0.1, 0.15) is 32.8 Å². The van der Waals surface area contributed by atoms with Crippen LogP contribution < -0.4 is 19.7 Å². The van der Waals surface area contributed by atoms with Crippen LogP contribution in [0, 0.1) is 5.92 Å². The molecule has 1 aliphatic heterocycles. The van der Waals surface area contributed by atoms with Gasteiger partial charge in [0.2, 0.25) is 5.91 Å². The lowest BCUT2D eigenvalue weighted by Crippen LogP contribution is -2.28. The number of esters is 1. The van der Waals surface area contributed by atoms with E-state index in [1.807, 2.05) is 24.3 Å². The fraction of sp³-hybridized carbons (Fsp3) is 0.300. The van der Waals surface area contributed by atoms with Gasteiger partial charge in [0.15, 0.2) is 6.61 Å². The Labute approximate surface area is 232 Å². The van der Waals surface area contributed by atoms with E-state index in [0.717, 1.165) is 0 Å². The van der Waals surface area contributed by atoms with Gasteiger partial charge in [-0.1, -0.05) is 44.5 Å². The van der Waals surface area contributed by atoms with Gasteiger partial charge in [0.25, 0.3) is 5.91 Å². The fourth-order valence-corrected chi connectivity index (χ4v) is 4.36. The van der Waals surface area contributed by atoms with Gasteiger partial charge in [0.05, 0.1) is 18.7 Å². The highest BCUT2D eigenvalue weighted by atomic mass is 35.5. The molecule has 1 fully saturated rings. The first-order valence-corrected chi connectivity index (χ1v) is 12.9. The third-order valence-electron chi connectivity index (χ3n) is 6.34. The molecule has 1 saturated heterocycles. The molecule has 9 heteroatoms. The second kappa shape index (κ2) is 11.8. The molecule has 1 atom stereocenters. The van der Waals surface area contributed by atoms with E-state index in [-0.39, 0.29) is 24.3 Å². The predicted octanol–water partition coefficient (Wildman–Crippen LogP) is 5.97. The number of carbonyl (C=O) groups is 3. The maximum absolute atomic E-state index is 12.6. The molecule has 3 aromatic carbocycles. The van der Waals surface area contributed by atoms with Gasteiger partial charge in [-0.25, -0.2) is 0 Å². The highest BCUT2D eigenvalue weighted by molar-refractivity contribution is 6.31. The third kappa shape index (κ3) is 7.09. The minimum absolute atomic E-state index is 0.000938. The van der Waals surface area contributed by atoms with Gasteiger partial charge in [0.1, 0.15) is 17.2 Å². The third-order valence-corrected chi connectivity index (χ3v) is 6.58. The molecule has 8 nitrogen and oxygen atoms in total. The number of nitrogens with one attached hydrogen (secondary N) is 1. The summed E-state index contributed by atoms with van der Waals surface area (Å²) in [6.07, 6.45) is 0.000938. The Hall–Kier alpha value is -4.04. The number of nitrogens with zero attached hydrogens (tertiary/aromatic N) is 1. The molecule has 1 heterocycles. The van der Waals surface area contributed by atoms with Crippen molar-refractivity contribution in [2.75, 3.05) is 30.5 Å². The average Bonchev–Trinajstić information content (AvgIpc) is 3.29. The normalized spacial score (nSPS) is 15.2. The zero-order valence-electron chi connectivity index (χ0n) is 22.3. The molecule has 0 saturated carbocycles. The minimum Gasteiger partial charge on any atom is -0.495 e. The number of benzene rings is 3. The van der Waals surface area contributed by atoms with E-state index in [9.17, 15) is 14.4 Å². The zero-order chi connectivity index (χ0) is 28.2. The summed E-state index contributed by atoms with van der Waals surface area (Å²) in [5.41, 5.74) is 2.29. The smallest absolute Gasteiger partial charge is 0.311 e. The SMILES string of the molecule is COc1ccc(Cl)cc1NC(=O)COC(=O)[C@@H]1CC(=O)N(c2ccc(Oc3ccc(C(C)(C)C)cc3)cc2)C1. The first-order valence-electron chi connectivity index (χ1n) is 12.5. The van der Waals surface area contributed by atoms with Crippen LogP contribution in [0.25, 0.3) is 0 Å². The summed E-state index contributed by atoms with van der Waals surface area (Å²) in [6.45, 7) is 6.13. The van der Waals surface area contributed by atoms with Gasteiger partial charge in [0, 0.05) is 23.7 Å². The van der Waals surface area contributed by atoms with Gasteiger partial charge in [-0.15, -0.1) is 0 Å². The van der Waals surface area contributed by atoms with Gasteiger partial charge in [-0.3, -0.25) is 14.4 Å². The number of anilines is 2. The number of rotatable bonds is 8. The van der Waals surface area contributed by atoms with Crippen LogP contribution in [0.15, 0.2) is 66.7 Å². The lowest BCUT2D eigenvalue weighted by atomic mass is 9.87. The van der Waals surface area contributed by atoms with E-state index in [0.29, 0.717) is 33.6 Å². The molecule has 1 N–H and O–H groups in total. The van der Waals surface area contributed by atoms with Crippen molar-refractivity contribution in [3.63, 3.8) is 0 Å². The van der Waals surface area contributed by atoms with Crippen LogP contribution in [0.3, 0.4) is 0 Å². The van der Waals surface area contributed by atoms with Crippen molar-refractivity contribution in [2.45, 2.75) is 32.6 Å². The van der Waals surface area contributed by atoms with E-state index in [1.165, 1.54) is 23.6 Å². The van der Waals surface area contributed by atoms with E-state index in [4.69, 9.17) is 25.8 Å². The number of hydrogen-bond acceptors (Lipinski definition) is 6.